The SMILES string of the molecule is Cc1nn2c(C(F)(F)F)ccnc2c1/C=C/c1nc2ccccc2c(=O)n1-c1ccccc1. The molecule has 164 valence electrons. The summed E-state index contributed by atoms with van der Waals surface area (Å²) in [6, 6.07) is 16.9. The zero-order valence-corrected chi connectivity index (χ0v) is 17.3. The summed E-state index contributed by atoms with van der Waals surface area (Å²) in [5, 5.41) is 4.49. The lowest BCUT2D eigenvalue weighted by atomic mass is 10.2. The fraction of sp³-hybridized carbons (Fsp3) is 0.0833. The van der Waals surface area contributed by atoms with Crippen molar-refractivity contribution in [2.75, 3.05) is 0 Å². The first-order valence-corrected chi connectivity index (χ1v) is 10.0. The minimum atomic E-state index is -4.58. The summed E-state index contributed by atoms with van der Waals surface area (Å²) < 4.78 is 42.4. The van der Waals surface area contributed by atoms with Gasteiger partial charge >= 0.3 is 6.18 Å². The molecule has 3 aromatic heterocycles. The molecule has 0 atom stereocenters. The van der Waals surface area contributed by atoms with E-state index in [0.717, 1.165) is 16.8 Å². The van der Waals surface area contributed by atoms with Gasteiger partial charge in [-0.1, -0.05) is 30.3 Å². The van der Waals surface area contributed by atoms with Gasteiger partial charge < -0.3 is 0 Å². The Morgan fingerprint density at radius 3 is 2.42 bits per heavy atom. The molecule has 9 heteroatoms. The van der Waals surface area contributed by atoms with Crippen LogP contribution in [0.15, 0.2) is 71.7 Å². The van der Waals surface area contributed by atoms with Gasteiger partial charge in [0.25, 0.3) is 5.56 Å². The van der Waals surface area contributed by atoms with Crippen LogP contribution in [-0.2, 0) is 6.18 Å². The predicted octanol–water partition coefficient (Wildman–Crippen LogP) is 4.93. The van der Waals surface area contributed by atoms with Crippen LogP contribution in [0.25, 0.3) is 34.4 Å². The second kappa shape index (κ2) is 7.70. The van der Waals surface area contributed by atoms with E-state index in [9.17, 15) is 18.0 Å². The van der Waals surface area contributed by atoms with Gasteiger partial charge in [0, 0.05) is 11.8 Å². The molecule has 2 aromatic carbocycles. The maximum absolute atomic E-state index is 13.4. The Morgan fingerprint density at radius 1 is 0.939 bits per heavy atom. The van der Waals surface area contributed by atoms with Crippen molar-refractivity contribution in [3.63, 3.8) is 0 Å². The Bertz CT molecular complexity index is 1580. The molecule has 0 saturated heterocycles. The van der Waals surface area contributed by atoms with Crippen LogP contribution in [0, 0.1) is 6.92 Å². The molecule has 0 aliphatic carbocycles. The van der Waals surface area contributed by atoms with E-state index in [0.29, 0.717) is 33.7 Å². The van der Waals surface area contributed by atoms with Crippen LogP contribution in [0.4, 0.5) is 13.2 Å². The summed E-state index contributed by atoms with van der Waals surface area (Å²) in [5.41, 5.74) is 0.805. The number of fused-ring (bicyclic) bond motifs is 2. The molecule has 5 rings (SSSR count). The van der Waals surface area contributed by atoms with Gasteiger partial charge in [0.05, 0.1) is 22.3 Å². The van der Waals surface area contributed by atoms with Gasteiger partial charge in [0.15, 0.2) is 5.65 Å². The highest BCUT2D eigenvalue weighted by Crippen LogP contribution is 2.30. The first kappa shape index (κ1) is 20.6. The number of rotatable bonds is 3. The van der Waals surface area contributed by atoms with Crippen molar-refractivity contribution >= 4 is 28.7 Å². The van der Waals surface area contributed by atoms with Crippen molar-refractivity contribution in [3.05, 3.63) is 100.0 Å². The van der Waals surface area contributed by atoms with Gasteiger partial charge in [0.1, 0.15) is 11.5 Å². The Hall–Kier alpha value is -4.27. The van der Waals surface area contributed by atoms with Crippen molar-refractivity contribution in [2.24, 2.45) is 0 Å². The van der Waals surface area contributed by atoms with E-state index >= 15 is 0 Å². The Morgan fingerprint density at radius 2 is 1.67 bits per heavy atom. The van der Waals surface area contributed by atoms with Crippen LogP contribution < -0.4 is 5.56 Å². The minimum Gasteiger partial charge on any atom is -0.268 e. The van der Waals surface area contributed by atoms with Crippen molar-refractivity contribution in [3.8, 4) is 5.69 Å². The molecule has 0 aliphatic rings. The lowest BCUT2D eigenvalue weighted by Crippen LogP contribution is -2.22. The monoisotopic (exact) mass is 447 g/mol. The first-order valence-electron chi connectivity index (χ1n) is 10.0. The van der Waals surface area contributed by atoms with Gasteiger partial charge in [-0.05, 0) is 49.4 Å². The van der Waals surface area contributed by atoms with Gasteiger partial charge in [-0.15, -0.1) is 0 Å². The third-order valence-electron chi connectivity index (χ3n) is 5.24. The van der Waals surface area contributed by atoms with E-state index in [1.807, 2.05) is 18.2 Å². The maximum atomic E-state index is 13.4. The molecule has 0 aliphatic heterocycles. The van der Waals surface area contributed by atoms with Crippen molar-refractivity contribution in [1.82, 2.24) is 24.1 Å². The average Bonchev–Trinajstić information content (AvgIpc) is 3.12. The van der Waals surface area contributed by atoms with Crippen LogP contribution in [0.2, 0.25) is 0 Å². The standard InChI is InChI=1S/C24H16F3N5O/c1-15-17(22-28-14-13-20(24(25,26)27)32(22)30-15)11-12-21-29-19-10-6-5-9-18(19)23(33)31(21)16-7-3-2-4-8-16/h2-14H,1H3/b12-11+. The fourth-order valence-corrected chi connectivity index (χ4v) is 3.72. The van der Waals surface area contributed by atoms with E-state index in [1.165, 1.54) is 4.57 Å². The van der Waals surface area contributed by atoms with Crippen LogP contribution in [0.1, 0.15) is 22.8 Å². The topological polar surface area (TPSA) is 65.1 Å². The zero-order chi connectivity index (χ0) is 23.2. The highest BCUT2D eigenvalue weighted by atomic mass is 19.4. The van der Waals surface area contributed by atoms with E-state index in [1.54, 1.807) is 55.5 Å². The zero-order valence-electron chi connectivity index (χ0n) is 17.3. The summed E-state index contributed by atoms with van der Waals surface area (Å²) >= 11 is 0. The highest BCUT2D eigenvalue weighted by molar-refractivity contribution is 5.81. The Labute approximate surface area is 185 Å². The molecule has 0 fully saturated rings. The molecule has 0 bridgehead atoms. The third kappa shape index (κ3) is 3.57. The number of aromatic nitrogens is 5. The summed E-state index contributed by atoms with van der Waals surface area (Å²) in [6.07, 6.45) is -0.299. The van der Waals surface area contributed by atoms with Gasteiger partial charge in [-0.3, -0.25) is 9.36 Å². The second-order valence-corrected chi connectivity index (χ2v) is 7.36. The molecule has 3 heterocycles. The number of benzene rings is 2. The summed E-state index contributed by atoms with van der Waals surface area (Å²) in [4.78, 5) is 22.0. The molecular formula is C24H16F3N5O. The van der Waals surface area contributed by atoms with Crippen LogP contribution in [0.5, 0.6) is 0 Å². The van der Waals surface area contributed by atoms with Crippen LogP contribution in [-0.4, -0.2) is 24.1 Å². The number of alkyl halides is 3. The van der Waals surface area contributed by atoms with Crippen molar-refractivity contribution < 1.29 is 13.2 Å². The number of aryl methyl sites for hydroxylation is 1. The van der Waals surface area contributed by atoms with E-state index < -0.39 is 11.9 Å². The largest absolute Gasteiger partial charge is 0.433 e. The van der Waals surface area contributed by atoms with Crippen molar-refractivity contribution in [1.29, 1.82) is 0 Å². The molecule has 0 N–H and O–H groups in total. The Kier molecular flexibility index (Phi) is 4.81. The number of halogens is 3. The molecule has 0 radical (unpaired) electrons. The van der Waals surface area contributed by atoms with E-state index in [4.69, 9.17) is 0 Å². The average molecular weight is 447 g/mol. The lowest BCUT2D eigenvalue weighted by Gasteiger charge is -2.11. The normalized spacial score (nSPS) is 12.2. The van der Waals surface area contributed by atoms with Gasteiger partial charge in [-0.2, -0.15) is 18.3 Å². The predicted molar refractivity (Wildman–Crippen MR) is 119 cm³/mol. The Balaban J connectivity index is 1.72. The molecule has 0 amide bonds. The minimum absolute atomic E-state index is 0.0629. The maximum Gasteiger partial charge on any atom is 0.433 e. The number of para-hydroxylation sites is 2. The fourth-order valence-electron chi connectivity index (χ4n) is 3.72. The quantitative estimate of drug-likeness (QED) is 0.394. The third-order valence-corrected chi connectivity index (χ3v) is 5.24. The summed E-state index contributed by atoms with van der Waals surface area (Å²) in [6.45, 7) is 1.60. The molecule has 0 spiro atoms. The molecule has 0 unspecified atom stereocenters. The summed E-state index contributed by atoms with van der Waals surface area (Å²) in [5.74, 6) is 0.329. The molecule has 33 heavy (non-hydrogen) atoms. The highest BCUT2D eigenvalue weighted by Gasteiger charge is 2.34. The first-order chi connectivity index (χ1) is 15.8. The molecule has 0 saturated carbocycles. The van der Waals surface area contributed by atoms with Gasteiger partial charge in [-0.25, -0.2) is 14.5 Å². The molecule has 6 nitrogen and oxygen atoms in total. The van der Waals surface area contributed by atoms with E-state index in [2.05, 4.69) is 15.1 Å². The van der Waals surface area contributed by atoms with Gasteiger partial charge in [0.2, 0.25) is 0 Å². The second-order valence-electron chi connectivity index (χ2n) is 7.36. The van der Waals surface area contributed by atoms with Crippen LogP contribution in [0.3, 0.4) is 0 Å². The molecular weight excluding hydrogens is 431 g/mol. The number of hydrogen-bond acceptors (Lipinski definition) is 4. The van der Waals surface area contributed by atoms with Crippen molar-refractivity contribution in [2.45, 2.75) is 13.1 Å². The smallest absolute Gasteiger partial charge is 0.268 e. The lowest BCUT2D eigenvalue weighted by molar-refractivity contribution is -0.142. The number of hydrogen-bond donors (Lipinski definition) is 0. The van der Waals surface area contributed by atoms with E-state index in [-0.39, 0.29) is 11.2 Å². The van der Waals surface area contributed by atoms with Crippen LogP contribution >= 0.6 is 0 Å². The summed E-state index contributed by atoms with van der Waals surface area (Å²) in [7, 11) is 0. The molecule has 5 aromatic rings. The number of nitrogens with zero attached hydrogens (tertiary/aromatic N) is 5.